The number of likely N-dealkylation sites (tertiary alicyclic amines) is 1. The van der Waals surface area contributed by atoms with E-state index in [1.54, 1.807) is 6.07 Å². The number of rotatable bonds is 6. The van der Waals surface area contributed by atoms with E-state index in [1.807, 2.05) is 23.1 Å². The summed E-state index contributed by atoms with van der Waals surface area (Å²) in [4.78, 5) is 17.7. The van der Waals surface area contributed by atoms with Crippen LogP contribution >= 0.6 is 11.6 Å². The fourth-order valence-corrected chi connectivity index (χ4v) is 6.20. The van der Waals surface area contributed by atoms with E-state index >= 15 is 0 Å². The zero-order valence-electron chi connectivity index (χ0n) is 19.7. The summed E-state index contributed by atoms with van der Waals surface area (Å²) in [5.41, 5.74) is 8.55. The largest absolute Gasteiger partial charge is 0.326 e. The molecule has 3 aliphatic rings. The van der Waals surface area contributed by atoms with E-state index in [2.05, 4.69) is 22.4 Å². The van der Waals surface area contributed by atoms with Crippen LogP contribution in [0.3, 0.4) is 0 Å². The number of nitriles is 1. The van der Waals surface area contributed by atoms with Crippen LogP contribution in [0.25, 0.3) is 0 Å². The number of nitrogens with zero attached hydrogens (tertiary/aromatic N) is 3. The number of halogens is 2. The van der Waals surface area contributed by atoms with Gasteiger partial charge in [0.15, 0.2) is 0 Å². The quantitative estimate of drug-likeness (QED) is 0.606. The van der Waals surface area contributed by atoms with Gasteiger partial charge in [-0.05, 0) is 85.9 Å². The molecule has 2 aliphatic carbocycles. The Morgan fingerprint density at radius 3 is 2.89 bits per heavy atom. The van der Waals surface area contributed by atoms with Crippen molar-refractivity contribution >= 4 is 23.3 Å². The minimum absolute atomic E-state index is 0.0306. The lowest BCUT2D eigenvalue weighted by Gasteiger charge is -2.37. The van der Waals surface area contributed by atoms with Crippen molar-refractivity contribution in [1.82, 2.24) is 9.80 Å². The van der Waals surface area contributed by atoms with E-state index in [0.717, 1.165) is 51.7 Å². The first kappa shape index (κ1) is 24.1. The number of amides is 2. The molecule has 1 heterocycles. The molecule has 2 aromatic rings. The van der Waals surface area contributed by atoms with Gasteiger partial charge in [0.25, 0.3) is 0 Å². The Morgan fingerprint density at radius 2 is 2.17 bits per heavy atom. The van der Waals surface area contributed by atoms with E-state index in [4.69, 9.17) is 17.3 Å². The normalized spacial score (nSPS) is 27.7. The fourth-order valence-electron chi connectivity index (χ4n) is 6.08. The Kier molecular flexibility index (Phi) is 6.71. The minimum atomic E-state index is -0.554. The number of carbonyl (C=O) groups is 1. The monoisotopic (exact) mass is 495 g/mol. The number of urea groups is 1. The molecule has 6 nitrogen and oxygen atoms in total. The number of benzene rings is 2. The van der Waals surface area contributed by atoms with Crippen molar-refractivity contribution in [2.75, 3.05) is 31.5 Å². The van der Waals surface area contributed by atoms with Gasteiger partial charge in [0.1, 0.15) is 5.82 Å². The molecule has 2 unspecified atom stereocenters. The maximum Gasteiger partial charge on any atom is 0.322 e. The first-order chi connectivity index (χ1) is 16.9. The second-order valence-corrected chi connectivity index (χ2v) is 10.7. The summed E-state index contributed by atoms with van der Waals surface area (Å²) in [5.74, 6) is -0.0548. The number of nitrogens with two attached hydrogens (primary N) is 1. The van der Waals surface area contributed by atoms with Crippen LogP contribution in [0.15, 0.2) is 42.5 Å². The summed E-state index contributed by atoms with van der Waals surface area (Å²) < 4.78 is 14.0. The van der Waals surface area contributed by atoms with Crippen molar-refractivity contribution in [2.45, 2.75) is 49.6 Å². The van der Waals surface area contributed by atoms with Gasteiger partial charge >= 0.3 is 6.03 Å². The van der Waals surface area contributed by atoms with Crippen LogP contribution in [-0.2, 0) is 5.41 Å². The zero-order valence-corrected chi connectivity index (χ0v) is 20.5. The van der Waals surface area contributed by atoms with Crippen molar-refractivity contribution in [3.05, 3.63) is 64.4 Å². The molecule has 1 aliphatic heterocycles. The number of nitrogens with one attached hydrogen (secondary N) is 1. The Morgan fingerprint density at radius 1 is 1.31 bits per heavy atom. The van der Waals surface area contributed by atoms with Gasteiger partial charge in [0.2, 0.25) is 0 Å². The van der Waals surface area contributed by atoms with E-state index < -0.39 is 5.82 Å². The highest BCUT2D eigenvalue weighted by atomic mass is 35.5. The number of carbonyl (C=O) groups excluding carboxylic acids is 1. The highest BCUT2D eigenvalue weighted by Crippen LogP contribution is 2.62. The fraction of sp³-hybridized carbons (Fsp3) is 0.481. The van der Waals surface area contributed by atoms with Gasteiger partial charge in [-0.3, -0.25) is 4.90 Å². The molecule has 2 amide bonds. The van der Waals surface area contributed by atoms with Gasteiger partial charge < -0.3 is 16.0 Å². The lowest BCUT2D eigenvalue weighted by molar-refractivity contribution is 0.149. The molecule has 1 saturated heterocycles. The minimum Gasteiger partial charge on any atom is -0.326 e. The molecule has 4 atom stereocenters. The lowest BCUT2D eigenvalue weighted by atomic mass is 9.80. The molecule has 3 N–H and O–H groups in total. The third-order valence-electron chi connectivity index (χ3n) is 8.12. The van der Waals surface area contributed by atoms with Crippen LogP contribution in [0, 0.1) is 23.1 Å². The van der Waals surface area contributed by atoms with Crippen molar-refractivity contribution in [2.24, 2.45) is 11.7 Å². The second-order valence-electron chi connectivity index (χ2n) is 10.3. The van der Waals surface area contributed by atoms with Crippen LogP contribution < -0.4 is 11.1 Å². The lowest BCUT2D eigenvalue weighted by Crippen LogP contribution is -2.48. The van der Waals surface area contributed by atoms with E-state index in [-0.39, 0.29) is 28.6 Å². The van der Waals surface area contributed by atoms with Crippen LogP contribution in [0.1, 0.15) is 43.2 Å². The Bertz CT molecular complexity index is 1150. The average molecular weight is 496 g/mol. The van der Waals surface area contributed by atoms with E-state index in [1.165, 1.54) is 17.7 Å². The molecule has 2 aromatic carbocycles. The molecular weight excluding hydrogens is 465 g/mol. The molecule has 35 heavy (non-hydrogen) atoms. The number of hydrogen-bond acceptors (Lipinski definition) is 4. The predicted octanol–water partition coefficient (Wildman–Crippen LogP) is 4.73. The van der Waals surface area contributed by atoms with Crippen molar-refractivity contribution in [1.29, 1.82) is 5.26 Å². The van der Waals surface area contributed by atoms with Gasteiger partial charge in [-0.2, -0.15) is 5.26 Å². The Balaban J connectivity index is 1.29. The maximum absolute atomic E-state index is 14.0. The summed E-state index contributed by atoms with van der Waals surface area (Å²) in [6.45, 7) is 3.17. The zero-order chi connectivity index (χ0) is 24.6. The molecule has 184 valence electrons. The summed E-state index contributed by atoms with van der Waals surface area (Å²) in [7, 11) is 0. The van der Waals surface area contributed by atoms with Crippen LogP contribution in [0.2, 0.25) is 5.02 Å². The smallest absolute Gasteiger partial charge is 0.322 e. The molecule has 2 saturated carbocycles. The number of fused-ring (bicyclic) bond motifs is 1. The summed E-state index contributed by atoms with van der Waals surface area (Å²) in [6, 6.07) is 14.7. The van der Waals surface area contributed by atoms with Gasteiger partial charge in [-0.15, -0.1) is 0 Å². The van der Waals surface area contributed by atoms with Gasteiger partial charge in [-0.1, -0.05) is 23.7 Å². The van der Waals surface area contributed by atoms with Crippen molar-refractivity contribution < 1.29 is 9.18 Å². The highest BCUT2D eigenvalue weighted by Gasteiger charge is 2.58. The van der Waals surface area contributed by atoms with Gasteiger partial charge in [-0.25, -0.2) is 9.18 Å². The second kappa shape index (κ2) is 9.77. The average Bonchev–Trinajstić information content (AvgIpc) is 3.46. The molecule has 0 spiro atoms. The molecule has 0 aromatic heterocycles. The Labute approximate surface area is 210 Å². The van der Waals surface area contributed by atoms with Crippen molar-refractivity contribution in [3.8, 4) is 6.07 Å². The van der Waals surface area contributed by atoms with Crippen molar-refractivity contribution in [3.63, 3.8) is 0 Å². The van der Waals surface area contributed by atoms with Crippen LogP contribution in [0.4, 0.5) is 14.9 Å². The third-order valence-corrected chi connectivity index (χ3v) is 8.42. The van der Waals surface area contributed by atoms with Crippen LogP contribution in [-0.4, -0.2) is 54.1 Å². The van der Waals surface area contributed by atoms with E-state index in [0.29, 0.717) is 23.7 Å². The third kappa shape index (κ3) is 5.02. The molecule has 5 rings (SSSR count). The predicted molar refractivity (Wildman–Crippen MR) is 135 cm³/mol. The first-order valence-corrected chi connectivity index (χ1v) is 12.8. The standard InChI is InChI=1S/C27H31ClFN5O/c28-24-5-4-22(14-25(24)29)32-26(35)34(11-10-33-9-7-21(31)17-33)23-6-8-27(15-20(27)13-23)19-3-1-2-18(12-19)16-30/h1-5,12,14,20-21,23H,6-11,13,15,17,31H2,(H,32,35)/t20?,21?,23-,27-/m1/s1. The molecule has 0 radical (unpaired) electrons. The maximum atomic E-state index is 14.0. The van der Waals surface area contributed by atoms with Gasteiger partial charge in [0.05, 0.1) is 16.7 Å². The van der Waals surface area contributed by atoms with Gasteiger partial charge in [0, 0.05) is 37.4 Å². The molecule has 8 heteroatoms. The van der Waals surface area contributed by atoms with E-state index in [9.17, 15) is 14.4 Å². The summed E-state index contributed by atoms with van der Waals surface area (Å²) in [6.07, 6.45) is 4.89. The first-order valence-electron chi connectivity index (χ1n) is 12.4. The Hall–Kier alpha value is -2.66. The number of anilines is 1. The molecular formula is C27H31ClFN5O. The molecule has 3 fully saturated rings. The SMILES string of the molecule is N#Cc1cccc([C@]23CC[C@@H](N(CCN4CCC(N)C4)C(=O)Nc4ccc(Cl)c(F)c4)CC2C3)c1. The van der Waals surface area contributed by atoms with Crippen LogP contribution in [0.5, 0.6) is 0 Å². The topological polar surface area (TPSA) is 85.4 Å². The molecule has 0 bridgehead atoms. The number of hydrogen-bond donors (Lipinski definition) is 2. The highest BCUT2D eigenvalue weighted by molar-refractivity contribution is 6.30. The summed E-state index contributed by atoms with van der Waals surface area (Å²) >= 11 is 5.81. The summed E-state index contributed by atoms with van der Waals surface area (Å²) in [5, 5.41) is 12.2.